The zero-order valence-electron chi connectivity index (χ0n) is 5.11. The van der Waals surface area contributed by atoms with Crippen LogP contribution in [0.2, 0.25) is 0 Å². The second kappa shape index (κ2) is 4.59. The summed E-state index contributed by atoms with van der Waals surface area (Å²) in [7, 11) is 1.85. The third-order valence-corrected chi connectivity index (χ3v) is 0.850. The summed E-state index contributed by atoms with van der Waals surface area (Å²) in [5.41, 5.74) is 4.87. The van der Waals surface area contributed by atoms with E-state index >= 15 is 0 Å². The van der Waals surface area contributed by atoms with E-state index in [1.165, 1.54) is 0 Å². The van der Waals surface area contributed by atoms with Crippen LogP contribution < -0.4 is 11.1 Å². The molecule has 0 saturated carbocycles. The Kier molecular flexibility index (Phi) is 4.26. The molecule has 0 unspecified atom stereocenters. The molecule has 0 spiro atoms. The number of primary amides is 1. The van der Waals surface area contributed by atoms with Crippen LogP contribution in [0, 0.1) is 0 Å². The zero-order valence-corrected chi connectivity index (χ0v) is 5.11. The number of carbonyl (C=O) groups excluding carboxylic acids is 1. The monoisotopic (exact) mass is 116 g/mol. The van der Waals surface area contributed by atoms with Crippen LogP contribution in [0.15, 0.2) is 0 Å². The lowest BCUT2D eigenvalue weighted by atomic mass is 10.3. The van der Waals surface area contributed by atoms with Gasteiger partial charge in [-0.25, -0.2) is 0 Å². The summed E-state index contributed by atoms with van der Waals surface area (Å²) >= 11 is 0. The van der Waals surface area contributed by atoms with Crippen LogP contribution in [-0.4, -0.2) is 19.5 Å². The SMILES string of the molecule is CNCCCC(N)=O. The largest absolute Gasteiger partial charge is 0.370 e. The van der Waals surface area contributed by atoms with E-state index in [0.717, 1.165) is 13.0 Å². The number of hydrogen-bond donors (Lipinski definition) is 2. The van der Waals surface area contributed by atoms with Gasteiger partial charge >= 0.3 is 0 Å². The first-order valence-electron chi connectivity index (χ1n) is 2.70. The van der Waals surface area contributed by atoms with Crippen molar-refractivity contribution in [2.24, 2.45) is 5.73 Å². The number of hydrogen-bond acceptors (Lipinski definition) is 2. The van der Waals surface area contributed by atoms with E-state index in [1.807, 2.05) is 7.05 Å². The minimum Gasteiger partial charge on any atom is -0.370 e. The van der Waals surface area contributed by atoms with Crippen LogP contribution in [-0.2, 0) is 4.79 Å². The summed E-state index contributed by atoms with van der Waals surface area (Å²) in [4.78, 5) is 10.1. The van der Waals surface area contributed by atoms with Crippen LogP contribution in [0.3, 0.4) is 0 Å². The first kappa shape index (κ1) is 7.43. The maximum atomic E-state index is 10.1. The smallest absolute Gasteiger partial charge is 0.217 e. The van der Waals surface area contributed by atoms with Gasteiger partial charge in [-0.05, 0) is 20.0 Å². The zero-order chi connectivity index (χ0) is 6.41. The number of rotatable bonds is 4. The van der Waals surface area contributed by atoms with Gasteiger partial charge in [0.15, 0.2) is 0 Å². The molecule has 0 rings (SSSR count). The first-order chi connectivity index (χ1) is 3.77. The molecule has 0 aromatic carbocycles. The highest BCUT2D eigenvalue weighted by atomic mass is 16.1. The van der Waals surface area contributed by atoms with E-state index in [-0.39, 0.29) is 5.91 Å². The molecule has 0 aromatic heterocycles. The molecular weight excluding hydrogens is 104 g/mol. The van der Waals surface area contributed by atoms with Crippen LogP contribution in [0.5, 0.6) is 0 Å². The molecule has 0 aromatic rings. The number of nitrogens with one attached hydrogen (secondary N) is 1. The van der Waals surface area contributed by atoms with Gasteiger partial charge in [0.2, 0.25) is 5.91 Å². The van der Waals surface area contributed by atoms with Crippen molar-refractivity contribution in [2.45, 2.75) is 12.8 Å². The molecule has 0 fully saturated rings. The van der Waals surface area contributed by atoms with Crippen molar-refractivity contribution in [3.8, 4) is 0 Å². The molecule has 1 amide bonds. The van der Waals surface area contributed by atoms with E-state index in [9.17, 15) is 4.79 Å². The lowest BCUT2D eigenvalue weighted by Crippen LogP contribution is -2.14. The quantitative estimate of drug-likeness (QED) is 0.485. The van der Waals surface area contributed by atoms with Gasteiger partial charge in [-0.1, -0.05) is 0 Å². The third-order valence-electron chi connectivity index (χ3n) is 0.850. The molecule has 0 atom stereocenters. The molecule has 0 aliphatic rings. The van der Waals surface area contributed by atoms with Gasteiger partial charge in [-0.2, -0.15) is 0 Å². The number of carbonyl (C=O) groups is 1. The summed E-state index contributed by atoms with van der Waals surface area (Å²) in [6.45, 7) is 0.864. The van der Waals surface area contributed by atoms with Gasteiger partial charge in [0, 0.05) is 6.42 Å². The average molecular weight is 116 g/mol. The summed E-state index contributed by atoms with van der Waals surface area (Å²) in [5, 5.41) is 2.92. The standard InChI is InChI=1S/C5H12N2O/c1-7-4-2-3-5(6)8/h7H,2-4H2,1H3,(H2,6,8). The maximum Gasteiger partial charge on any atom is 0.217 e. The Morgan fingerprint density at radius 1 is 1.75 bits per heavy atom. The van der Waals surface area contributed by atoms with Crippen molar-refractivity contribution in [1.29, 1.82) is 0 Å². The minimum absolute atomic E-state index is 0.222. The van der Waals surface area contributed by atoms with Crippen molar-refractivity contribution < 1.29 is 4.79 Å². The fourth-order valence-corrected chi connectivity index (χ4v) is 0.439. The van der Waals surface area contributed by atoms with Crippen LogP contribution in [0.4, 0.5) is 0 Å². The van der Waals surface area contributed by atoms with E-state index in [1.54, 1.807) is 0 Å². The Hall–Kier alpha value is -0.570. The Bertz CT molecular complexity index is 72.8. The Morgan fingerprint density at radius 2 is 2.38 bits per heavy atom. The third kappa shape index (κ3) is 5.43. The van der Waals surface area contributed by atoms with E-state index < -0.39 is 0 Å². The maximum absolute atomic E-state index is 10.1. The van der Waals surface area contributed by atoms with Crippen molar-refractivity contribution in [2.75, 3.05) is 13.6 Å². The molecule has 48 valence electrons. The van der Waals surface area contributed by atoms with Crippen molar-refractivity contribution in [3.05, 3.63) is 0 Å². The van der Waals surface area contributed by atoms with Gasteiger partial charge in [0.25, 0.3) is 0 Å². The highest BCUT2D eigenvalue weighted by Gasteiger charge is 1.89. The fourth-order valence-electron chi connectivity index (χ4n) is 0.439. The lowest BCUT2D eigenvalue weighted by molar-refractivity contribution is -0.118. The van der Waals surface area contributed by atoms with Crippen molar-refractivity contribution >= 4 is 5.91 Å². The van der Waals surface area contributed by atoms with Crippen LogP contribution >= 0.6 is 0 Å². The molecule has 3 nitrogen and oxygen atoms in total. The Balaban J connectivity index is 2.82. The van der Waals surface area contributed by atoms with Crippen molar-refractivity contribution in [3.63, 3.8) is 0 Å². The molecule has 0 saturated heterocycles. The highest BCUT2D eigenvalue weighted by molar-refractivity contribution is 5.73. The predicted molar refractivity (Wildman–Crippen MR) is 32.4 cm³/mol. The fraction of sp³-hybridized carbons (Fsp3) is 0.800. The normalized spacial score (nSPS) is 9.12. The van der Waals surface area contributed by atoms with E-state index in [2.05, 4.69) is 5.32 Å². The molecule has 0 aliphatic carbocycles. The van der Waals surface area contributed by atoms with E-state index in [0.29, 0.717) is 6.42 Å². The molecule has 3 N–H and O–H groups in total. The van der Waals surface area contributed by atoms with Gasteiger partial charge in [-0.3, -0.25) is 4.79 Å². The second-order valence-electron chi connectivity index (χ2n) is 1.67. The number of amides is 1. The van der Waals surface area contributed by atoms with Gasteiger partial charge in [0.1, 0.15) is 0 Å². The predicted octanol–water partition coefficient (Wildman–Crippen LogP) is -0.529. The summed E-state index contributed by atoms with van der Waals surface area (Å²) in [5.74, 6) is -0.222. The molecule has 0 radical (unpaired) electrons. The Labute approximate surface area is 49.3 Å². The van der Waals surface area contributed by atoms with E-state index in [4.69, 9.17) is 5.73 Å². The lowest BCUT2D eigenvalue weighted by Gasteiger charge is -1.93. The minimum atomic E-state index is -0.222. The number of nitrogens with two attached hydrogens (primary N) is 1. The summed E-state index contributed by atoms with van der Waals surface area (Å²) in [6.07, 6.45) is 1.33. The molecule has 8 heavy (non-hydrogen) atoms. The second-order valence-corrected chi connectivity index (χ2v) is 1.67. The van der Waals surface area contributed by atoms with Gasteiger partial charge in [0.05, 0.1) is 0 Å². The molecule has 3 heteroatoms. The summed E-state index contributed by atoms with van der Waals surface area (Å²) in [6, 6.07) is 0. The summed E-state index contributed by atoms with van der Waals surface area (Å²) < 4.78 is 0. The Morgan fingerprint density at radius 3 is 2.75 bits per heavy atom. The molecule has 0 bridgehead atoms. The highest BCUT2D eigenvalue weighted by Crippen LogP contribution is 1.81. The topological polar surface area (TPSA) is 55.1 Å². The van der Waals surface area contributed by atoms with Crippen LogP contribution in [0.1, 0.15) is 12.8 Å². The van der Waals surface area contributed by atoms with Gasteiger partial charge < -0.3 is 11.1 Å². The van der Waals surface area contributed by atoms with Crippen LogP contribution in [0.25, 0.3) is 0 Å². The molecule has 0 aliphatic heterocycles. The molecular formula is C5H12N2O. The first-order valence-corrected chi connectivity index (χ1v) is 2.70. The average Bonchev–Trinajstić information content (AvgIpc) is 1.66. The molecule has 0 heterocycles. The van der Waals surface area contributed by atoms with Crippen molar-refractivity contribution in [1.82, 2.24) is 5.32 Å². The van der Waals surface area contributed by atoms with Gasteiger partial charge in [-0.15, -0.1) is 0 Å².